The Morgan fingerprint density at radius 1 is 1.60 bits per heavy atom. The first kappa shape index (κ1) is 9.92. The largest absolute Gasteiger partial charge is 0.477 e. The van der Waals surface area contributed by atoms with E-state index in [1.165, 1.54) is 11.3 Å². The van der Waals surface area contributed by atoms with Crippen molar-refractivity contribution in [3.05, 3.63) is 28.8 Å². The second kappa shape index (κ2) is 3.51. The number of carboxylic acid groups (broad SMARTS) is 1. The number of aromatic carboxylic acids is 1. The molecule has 2 heterocycles. The summed E-state index contributed by atoms with van der Waals surface area (Å²) < 4.78 is 1.70. The Labute approximate surface area is 90.8 Å². The molecule has 0 atom stereocenters. The standard InChI is InChI=1S/C10H10N2O2S/c1-6-5-8(10(13)14)15-9(6)7-3-4-12(2)11-7/h3-5H,1-2H3,(H,13,14). The third-order valence-electron chi connectivity index (χ3n) is 2.07. The lowest BCUT2D eigenvalue weighted by Gasteiger charge is -1.92. The fourth-order valence-corrected chi connectivity index (χ4v) is 2.35. The molecule has 4 nitrogen and oxygen atoms in total. The molecular weight excluding hydrogens is 212 g/mol. The van der Waals surface area contributed by atoms with Gasteiger partial charge in [-0.3, -0.25) is 4.68 Å². The van der Waals surface area contributed by atoms with Crippen molar-refractivity contribution < 1.29 is 9.90 Å². The third-order valence-corrected chi connectivity index (χ3v) is 3.32. The molecule has 1 N–H and O–H groups in total. The van der Waals surface area contributed by atoms with E-state index in [4.69, 9.17) is 5.11 Å². The second-order valence-corrected chi connectivity index (χ2v) is 4.35. The van der Waals surface area contributed by atoms with Gasteiger partial charge in [0, 0.05) is 13.2 Å². The van der Waals surface area contributed by atoms with Crippen LogP contribution in [0.1, 0.15) is 15.2 Å². The first-order valence-corrected chi connectivity index (χ1v) is 5.23. The van der Waals surface area contributed by atoms with E-state index in [1.807, 2.05) is 26.2 Å². The summed E-state index contributed by atoms with van der Waals surface area (Å²) in [5, 5.41) is 13.1. The fourth-order valence-electron chi connectivity index (χ4n) is 1.38. The van der Waals surface area contributed by atoms with Crippen molar-refractivity contribution in [3.63, 3.8) is 0 Å². The maximum atomic E-state index is 10.8. The Morgan fingerprint density at radius 2 is 2.33 bits per heavy atom. The van der Waals surface area contributed by atoms with E-state index in [-0.39, 0.29) is 0 Å². The van der Waals surface area contributed by atoms with Gasteiger partial charge in [0.2, 0.25) is 0 Å². The number of aromatic nitrogens is 2. The van der Waals surface area contributed by atoms with Crippen LogP contribution in [0.3, 0.4) is 0 Å². The van der Waals surface area contributed by atoms with Gasteiger partial charge in [0.05, 0.1) is 4.88 Å². The minimum atomic E-state index is -0.884. The summed E-state index contributed by atoms with van der Waals surface area (Å²) in [6, 6.07) is 3.56. The van der Waals surface area contributed by atoms with Crippen molar-refractivity contribution in [3.8, 4) is 10.6 Å². The lowest BCUT2D eigenvalue weighted by molar-refractivity contribution is 0.0702. The minimum absolute atomic E-state index is 0.355. The molecule has 0 aromatic carbocycles. The van der Waals surface area contributed by atoms with E-state index in [2.05, 4.69) is 5.10 Å². The smallest absolute Gasteiger partial charge is 0.345 e. The van der Waals surface area contributed by atoms with Crippen LogP contribution in [0, 0.1) is 6.92 Å². The van der Waals surface area contributed by atoms with Crippen LogP contribution < -0.4 is 0 Å². The zero-order chi connectivity index (χ0) is 11.0. The summed E-state index contributed by atoms with van der Waals surface area (Å²) in [4.78, 5) is 12.1. The average molecular weight is 222 g/mol. The average Bonchev–Trinajstić information content (AvgIpc) is 2.71. The molecule has 0 bridgehead atoms. The van der Waals surface area contributed by atoms with Crippen LogP contribution in [0.4, 0.5) is 0 Å². The molecule has 0 aliphatic rings. The van der Waals surface area contributed by atoms with Gasteiger partial charge in [0.25, 0.3) is 0 Å². The first-order valence-electron chi connectivity index (χ1n) is 4.41. The molecule has 0 spiro atoms. The van der Waals surface area contributed by atoms with Crippen molar-refractivity contribution in [1.29, 1.82) is 0 Å². The van der Waals surface area contributed by atoms with Crippen LogP contribution >= 0.6 is 11.3 Å². The van der Waals surface area contributed by atoms with Crippen LogP contribution in [0.15, 0.2) is 18.3 Å². The summed E-state index contributed by atoms with van der Waals surface area (Å²) >= 11 is 1.26. The lowest BCUT2D eigenvalue weighted by Crippen LogP contribution is -1.89. The topological polar surface area (TPSA) is 55.1 Å². The normalized spacial score (nSPS) is 10.5. The lowest BCUT2D eigenvalue weighted by atomic mass is 10.2. The predicted molar refractivity (Wildman–Crippen MR) is 58.2 cm³/mol. The summed E-state index contributed by atoms with van der Waals surface area (Å²) in [7, 11) is 1.84. The first-order chi connectivity index (χ1) is 7.08. The van der Waals surface area contributed by atoms with Crippen LogP contribution in [-0.4, -0.2) is 20.9 Å². The highest BCUT2D eigenvalue weighted by Crippen LogP contribution is 2.30. The van der Waals surface area contributed by atoms with Gasteiger partial charge in [0.15, 0.2) is 0 Å². The number of carbonyl (C=O) groups is 1. The van der Waals surface area contributed by atoms with Crippen LogP contribution in [0.2, 0.25) is 0 Å². The van der Waals surface area contributed by atoms with E-state index in [1.54, 1.807) is 10.7 Å². The molecule has 0 saturated heterocycles. The quantitative estimate of drug-likeness (QED) is 0.847. The molecule has 15 heavy (non-hydrogen) atoms. The number of hydrogen-bond donors (Lipinski definition) is 1. The van der Waals surface area contributed by atoms with Crippen LogP contribution in [-0.2, 0) is 7.05 Å². The highest BCUT2D eigenvalue weighted by molar-refractivity contribution is 7.17. The van der Waals surface area contributed by atoms with Crippen molar-refractivity contribution in [2.45, 2.75) is 6.92 Å². The molecule has 78 valence electrons. The predicted octanol–water partition coefficient (Wildman–Crippen LogP) is 2.16. The van der Waals surface area contributed by atoms with Crippen molar-refractivity contribution in [2.24, 2.45) is 7.05 Å². The summed E-state index contributed by atoms with van der Waals surface area (Å²) in [5.74, 6) is -0.884. The number of hydrogen-bond acceptors (Lipinski definition) is 3. The molecule has 2 aromatic rings. The Balaban J connectivity index is 2.49. The third kappa shape index (κ3) is 1.78. The van der Waals surface area contributed by atoms with E-state index >= 15 is 0 Å². The molecule has 0 unspecified atom stereocenters. The Hall–Kier alpha value is -1.62. The van der Waals surface area contributed by atoms with Gasteiger partial charge < -0.3 is 5.11 Å². The highest BCUT2D eigenvalue weighted by atomic mass is 32.1. The highest BCUT2D eigenvalue weighted by Gasteiger charge is 2.13. The summed E-state index contributed by atoms with van der Waals surface area (Å²) in [5.41, 5.74) is 1.78. The molecular formula is C10H10N2O2S. The number of aryl methyl sites for hydroxylation is 2. The monoisotopic (exact) mass is 222 g/mol. The van der Waals surface area contributed by atoms with Crippen LogP contribution in [0.5, 0.6) is 0 Å². The molecule has 0 amide bonds. The molecule has 0 aliphatic carbocycles. The number of nitrogens with zero attached hydrogens (tertiary/aromatic N) is 2. The van der Waals surface area contributed by atoms with Crippen molar-refractivity contribution in [1.82, 2.24) is 9.78 Å². The number of carboxylic acids is 1. The fraction of sp³-hybridized carbons (Fsp3) is 0.200. The van der Waals surface area contributed by atoms with Gasteiger partial charge in [-0.15, -0.1) is 11.3 Å². The molecule has 2 aromatic heterocycles. The van der Waals surface area contributed by atoms with Crippen molar-refractivity contribution in [2.75, 3.05) is 0 Å². The van der Waals surface area contributed by atoms with Gasteiger partial charge in [-0.1, -0.05) is 0 Å². The molecule has 5 heteroatoms. The van der Waals surface area contributed by atoms with E-state index in [0.717, 1.165) is 16.1 Å². The summed E-state index contributed by atoms with van der Waals surface area (Å²) in [6.07, 6.45) is 1.84. The van der Waals surface area contributed by atoms with Gasteiger partial charge in [0.1, 0.15) is 10.6 Å². The van der Waals surface area contributed by atoms with Crippen molar-refractivity contribution >= 4 is 17.3 Å². The molecule has 0 aliphatic heterocycles. The second-order valence-electron chi connectivity index (χ2n) is 3.30. The Bertz CT molecular complexity index is 513. The van der Waals surface area contributed by atoms with Gasteiger partial charge in [-0.25, -0.2) is 4.79 Å². The number of thiophene rings is 1. The molecule has 2 rings (SSSR count). The SMILES string of the molecule is Cc1cc(C(=O)O)sc1-c1ccn(C)n1. The number of rotatable bonds is 2. The zero-order valence-electron chi connectivity index (χ0n) is 8.39. The zero-order valence-corrected chi connectivity index (χ0v) is 9.21. The van der Waals surface area contributed by atoms with E-state index < -0.39 is 5.97 Å². The molecule has 0 radical (unpaired) electrons. The maximum Gasteiger partial charge on any atom is 0.345 e. The van der Waals surface area contributed by atoms with E-state index in [0.29, 0.717) is 4.88 Å². The maximum absolute atomic E-state index is 10.8. The molecule has 0 saturated carbocycles. The minimum Gasteiger partial charge on any atom is -0.477 e. The van der Waals surface area contributed by atoms with Gasteiger partial charge in [-0.2, -0.15) is 5.10 Å². The van der Waals surface area contributed by atoms with Gasteiger partial charge >= 0.3 is 5.97 Å². The Kier molecular flexibility index (Phi) is 2.32. The Morgan fingerprint density at radius 3 is 2.80 bits per heavy atom. The molecule has 0 fully saturated rings. The van der Waals surface area contributed by atoms with Crippen LogP contribution in [0.25, 0.3) is 10.6 Å². The van der Waals surface area contributed by atoms with E-state index in [9.17, 15) is 4.79 Å². The van der Waals surface area contributed by atoms with Gasteiger partial charge in [-0.05, 0) is 24.6 Å². The summed E-state index contributed by atoms with van der Waals surface area (Å²) in [6.45, 7) is 1.90.